The van der Waals surface area contributed by atoms with E-state index in [0.717, 1.165) is 42.0 Å². The second-order valence-corrected chi connectivity index (χ2v) is 14.3. The molecule has 1 aliphatic rings. The molecule has 246 valence electrons. The number of rotatable bonds is 12. The van der Waals surface area contributed by atoms with Gasteiger partial charge in [0.1, 0.15) is 18.4 Å². The minimum atomic E-state index is -4.31. The number of hydrogen-bond donors (Lipinski definition) is 1. The Bertz CT molecular complexity index is 1790. The predicted molar refractivity (Wildman–Crippen MR) is 183 cm³/mol. The molecule has 0 aliphatic heterocycles. The lowest BCUT2D eigenvalue weighted by molar-refractivity contribution is -0.140. The average Bonchev–Trinajstić information content (AvgIpc) is 3.08. The molecule has 2 amide bonds. The topological polar surface area (TPSA) is 86.8 Å². The van der Waals surface area contributed by atoms with E-state index in [-0.39, 0.29) is 51.1 Å². The van der Waals surface area contributed by atoms with E-state index in [2.05, 4.69) is 5.32 Å². The first-order valence-corrected chi connectivity index (χ1v) is 17.7. The molecule has 1 fully saturated rings. The van der Waals surface area contributed by atoms with E-state index >= 15 is 4.39 Å². The van der Waals surface area contributed by atoms with Gasteiger partial charge in [-0.05, 0) is 54.8 Å². The third kappa shape index (κ3) is 8.71. The van der Waals surface area contributed by atoms with Gasteiger partial charge in [0, 0.05) is 24.6 Å². The number of carbonyl (C=O) groups excluding carboxylic acids is 2. The summed E-state index contributed by atoms with van der Waals surface area (Å²) in [5, 5.41) is 3.45. The predicted octanol–water partition coefficient (Wildman–Crippen LogP) is 7.42. The lowest BCUT2D eigenvalue weighted by Gasteiger charge is -2.35. The highest BCUT2D eigenvalue weighted by molar-refractivity contribution is 7.92. The maximum absolute atomic E-state index is 15.1. The van der Waals surface area contributed by atoms with Crippen LogP contribution in [-0.2, 0) is 32.6 Å². The Morgan fingerprint density at radius 2 is 1.47 bits per heavy atom. The van der Waals surface area contributed by atoms with Crippen molar-refractivity contribution in [2.75, 3.05) is 10.8 Å². The molecule has 7 nitrogen and oxygen atoms in total. The van der Waals surface area contributed by atoms with Crippen molar-refractivity contribution in [3.8, 4) is 0 Å². The number of anilines is 1. The maximum atomic E-state index is 15.1. The van der Waals surface area contributed by atoms with Gasteiger partial charge < -0.3 is 10.2 Å². The molecule has 0 bridgehead atoms. The molecular weight excluding hydrogens is 660 g/mol. The fourth-order valence-electron chi connectivity index (χ4n) is 5.80. The lowest BCUT2D eigenvalue weighted by Crippen LogP contribution is -2.55. The van der Waals surface area contributed by atoms with Crippen molar-refractivity contribution in [3.05, 3.63) is 130 Å². The molecule has 1 aliphatic carbocycles. The molecule has 5 rings (SSSR count). The molecule has 0 heterocycles. The second kappa shape index (κ2) is 15.8. The molecule has 0 radical (unpaired) electrons. The first kappa shape index (κ1) is 34.4. The maximum Gasteiger partial charge on any atom is 0.264 e. The molecular formula is C36H36Cl2FN3O4S. The van der Waals surface area contributed by atoms with Crippen LogP contribution in [0.25, 0.3) is 0 Å². The summed E-state index contributed by atoms with van der Waals surface area (Å²) in [5.74, 6) is -1.62. The van der Waals surface area contributed by atoms with Crippen molar-refractivity contribution >= 4 is 50.7 Å². The Kier molecular flexibility index (Phi) is 11.6. The molecule has 47 heavy (non-hydrogen) atoms. The first-order valence-electron chi connectivity index (χ1n) is 15.5. The summed E-state index contributed by atoms with van der Waals surface area (Å²) in [4.78, 5) is 29.9. The number of carbonyl (C=O) groups is 2. The first-order chi connectivity index (χ1) is 22.6. The van der Waals surface area contributed by atoms with Gasteiger partial charge in [-0.15, -0.1) is 0 Å². The van der Waals surface area contributed by atoms with Gasteiger partial charge in [-0.1, -0.05) is 109 Å². The quantitative estimate of drug-likeness (QED) is 0.167. The Morgan fingerprint density at radius 1 is 0.830 bits per heavy atom. The highest BCUT2D eigenvalue weighted by Gasteiger charge is 2.36. The Hall–Kier alpha value is -3.92. The number of halogens is 3. The SMILES string of the molecule is O=C(NC1CCCCC1)C(Cc1ccccc1)N(Cc1ccccc1F)C(=O)CN(c1ccc(Cl)c(Cl)c1)S(=O)(=O)c1ccccc1. The smallest absolute Gasteiger partial charge is 0.264 e. The monoisotopic (exact) mass is 695 g/mol. The third-order valence-corrected chi connectivity index (χ3v) is 10.8. The number of sulfonamides is 1. The van der Waals surface area contributed by atoms with Crippen LogP contribution in [0.15, 0.2) is 108 Å². The zero-order valence-corrected chi connectivity index (χ0v) is 28.0. The molecule has 1 atom stereocenters. The molecule has 11 heteroatoms. The van der Waals surface area contributed by atoms with Gasteiger partial charge in [-0.25, -0.2) is 12.8 Å². The van der Waals surface area contributed by atoms with Crippen LogP contribution in [0, 0.1) is 5.82 Å². The average molecular weight is 697 g/mol. The van der Waals surface area contributed by atoms with E-state index in [4.69, 9.17) is 23.2 Å². The molecule has 0 spiro atoms. The van der Waals surface area contributed by atoms with Crippen LogP contribution in [0.2, 0.25) is 10.0 Å². The largest absolute Gasteiger partial charge is 0.352 e. The second-order valence-electron chi connectivity index (χ2n) is 11.6. The van der Waals surface area contributed by atoms with Gasteiger partial charge in [0.15, 0.2) is 0 Å². The van der Waals surface area contributed by atoms with Gasteiger partial charge in [0.2, 0.25) is 11.8 Å². The van der Waals surface area contributed by atoms with Crippen molar-refractivity contribution in [3.63, 3.8) is 0 Å². The molecule has 0 aromatic heterocycles. The normalized spacial score (nSPS) is 14.3. The summed E-state index contributed by atoms with van der Waals surface area (Å²) in [6, 6.07) is 26.1. The van der Waals surface area contributed by atoms with Gasteiger partial charge in [0.25, 0.3) is 10.0 Å². The number of amides is 2. The standard InChI is InChI=1S/C36H36Cl2FN3O4S/c37-31-21-20-29(23-32(31)38)42(47(45,46)30-17-8-3-9-18-30)25-35(43)41(24-27-14-10-11-19-33(27)39)34(22-26-12-4-1-5-13-26)36(44)40-28-15-6-2-7-16-28/h1,3-5,8-14,17-21,23,28,34H,2,6-7,15-16,22,24-25H2,(H,40,44). The van der Waals surface area contributed by atoms with Crippen LogP contribution >= 0.6 is 23.2 Å². The Labute approximate surface area is 285 Å². The Balaban J connectivity index is 1.58. The van der Waals surface area contributed by atoms with E-state index in [1.54, 1.807) is 36.4 Å². The number of benzene rings is 4. The van der Waals surface area contributed by atoms with Crippen molar-refractivity contribution < 1.29 is 22.4 Å². The fraction of sp³-hybridized carbons (Fsp3) is 0.278. The Morgan fingerprint density at radius 3 is 2.13 bits per heavy atom. The number of nitrogens with one attached hydrogen (secondary N) is 1. The van der Waals surface area contributed by atoms with E-state index in [1.807, 2.05) is 30.3 Å². The van der Waals surface area contributed by atoms with Crippen LogP contribution in [0.3, 0.4) is 0 Å². The van der Waals surface area contributed by atoms with Gasteiger partial charge in [0.05, 0.1) is 20.6 Å². The summed E-state index contributed by atoms with van der Waals surface area (Å²) in [7, 11) is -4.31. The van der Waals surface area contributed by atoms with Crippen molar-refractivity contribution in [2.24, 2.45) is 0 Å². The van der Waals surface area contributed by atoms with E-state index < -0.39 is 34.3 Å². The van der Waals surface area contributed by atoms with E-state index in [1.165, 1.54) is 41.3 Å². The molecule has 1 N–H and O–H groups in total. The molecule has 4 aromatic carbocycles. The van der Waals surface area contributed by atoms with Gasteiger partial charge >= 0.3 is 0 Å². The van der Waals surface area contributed by atoms with Crippen LogP contribution in [0.5, 0.6) is 0 Å². The summed E-state index contributed by atoms with van der Waals surface area (Å²) in [5.41, 5.74) is 1.09. The molecule has 4 aromatic rings. The third-order valence-electron chi connectivity index (χ3n) is 8.32. The minimum Gasteiger partial charge on any atom is -0.352 e. The van der Waals surface area contributed by atoms with Crippen molar-refractivity contribution in [1.82, 2.24) is 10.2 Å². The number of hydrogen-bond acceptors (Lipinski definition) is 4. The fourth-order valence-corrected chi connectivity index (χ4v) is 7.52. The van der Waals surface area contributed by atoms with Crippen molar-refractivity contribution in [1.29, 1.82) is 0 Å². The summed E-state index contributed by atoms with van der Waals surface area (Å²) >= 11 is 12.5. The van der Waals surface area contributed by atoms with Gasteiger partial charge in [-0.2, -0.15) is 0 Å². The molecule has 1 unspecified atom stereocenters. The minimum absolute atomic E-state index is 0.0459. The zero-order valence-electron chi connectivity index (χ0n) is 25.7. The summed E-state index contributed by atoms with van der Waals surface area (Å²) in [6.07, 6.45) is 4.86. The van der Waals surface area contributed by atoms with Crippen LogP contribution in [0.1, 0.15) is 43.2 Å². The van der Waals surface area contributed by atoms with Crippen LogP contribution in [0.4, 0.5) is 10.1 Å². The number of nitrogens with zero attached hydrogens (tertiary/aromatic N) is 2. The van der Waals surface area contributed by atoms with Gasteiger partial charge in [-0.3, -0.25) is 13.9 Å². The van der Waals surface area contributed by atoms with E-state index in [9.17, 15) is 18.0 Å². The van der Waals surface area contributed by atoms with Crippen LogP contribution in [-0.4, -0.2) is 43.8 Å². The highest BCUT2D eigenvalue weighted by Crippen LogP contribution is 2.31. The summed E-state index contributed by atoms with van der Waals surface area (Å²) in [6.45, 7) is -0.951. The zero-order chi connectivity index (χ0) is 33.4. The van der Waals surface area contributed by atoms with Crippen molar-refractivity contribution in [2.45, 2.75) is 62.0 Å². The van der Waals surface area contributed by atoms with Crippen LogP contribution < -0.4 is 9.62 Å². The van der Waals surface area contributed by atoms with E-state index in [0.29, 0.717) is 0 Å². The summed E-state index contributed by atoms with van der Waals surface area (Å²) < 4.78 is 44.3. The highest BCUT2D eigenvalue weighted by atomic mass is 35.5. The molecule has 0 saturated heterocycles. The molecule has 1 saturated carbocycles. The lowest BCUT2D eigenvalue weighted by atomic mass is 9.94.